The second-order valence-electron chi connectivity index (χ2n) is 5.22. The Balaban J connectivity index is 0.000000956. The molecule has 0 unspecified atom stereocenters. The quantitative estimate of drug-likeness (QED) is 0.832. The van der Waals surface area contributed by atoms with E-state index in [0.717, 1.165) is 38.2 Å². The van der Waals surface area contributed by atoms with Crippen LogP contribution in [0.4, 0.5) is 4.39 Å². The van der Waals surface area contributed by atoms with Gasteiger partial charge in [-0.1, -0.05) is 32.9 Å². The zero-order chi connectivity index (χ0) is 15.1. The monoisotopic (exact) mass is 280 g/mol. The van der Waals surface area contributed by atoms with E-state index in [1.54, 1.807) is 6.07 Å². The lowest BCUT2D eigenvalue weighted by atomic mass is 10.0. The lowest BCUT2D eigenvalue weighted by molar-refractivity contribution is 0.117. The van der Waals surface area contributed by atoms with Crippen molar-refractivity contribution < 1.29 is 4.39 Å². The predicted octanol–water partition coefficient (Wildman–Crippen LogP) is 3.72. The molecule has 1 saturated heterocycles. The molecule has 0 radical (unpaired) electrons. The Kier molecular flexibility index (Phi) is 7.17. The van der Waals surface area contributed by atoms with Crippen molar-refractivity contribution >= 4 is 0 Å². The highest BCUT2D eigenvalue weighted by Gasteiger charge is 2.22. The second-order valence-corrected chi connectivity index (χ2v) is 5.22. The van der Waals surface area contributed by atoms with Crippen molar-refractivity contribution in [3.63, 3.8) is 0 Å². The first-order chi connectivity index (χ1) is 9.61. The summed E-state index contributed by atoms with van der Waals surface area (Å²) in [4.78, 5) is 4.69. The zero-order valence-corrected chi connectivity index (χ0v) is 13.6. The fourth-order valence-electron chi connectivity index (χ4n) is 2.54. The molecule has 1 aromatic carbocycles. The summed E-state index contributed by atoms with van der Waals surface area (Å²) in [6.07, 6.45) is 0.961. The van der Waals surface area contributed by atoms with Crippen LogP contribution in [0.15, 0.2) is 18.2 Å². The molecule has 1 aromatic rings. The average molecular weight is 280 g/mol. The van der Waals surface area contributed by atoms with Crippen LogP contribution in [0.3, 0.4) is 0 Å². The van der Waals surface area contributed by atoms with Crippen molar-refractivity contribution in [3.8, 4) is 0 Å². The molecule has 114 valence electrons. The number of piperazine rings is 1. The molecule has 0 amide bonds. The van der Waals surface area contributed by atoms with Crippen LogP contribution in [0.5, 0.6) is 0 Å². The number of aryl methyl sites for hydroxylation is 1. The van der Waals surface area contributed by atoms with Gasteiger partial charge < -0.3 is 4.90 Å². The molecule has 1 atom stereocenters. The Morgan fingerprint density at radius 1 is 1.15 bits per heavy atom. The van der Waals surface area contributed by atoms with Gasteiger partial charge in [-0.05, 0) is 32.0 Å². The number of likely N-dealkylation sites (N-methyl/N-ethyl adjacent to an activating group) is 1. The topological polar surface area (TPSA) is 6.48 Å². The van der Waals surface area contributed by atoms with Gasteiger partial charge in [0.15, 0.2) is 0 Å². The lowest BCUT2D eigenvalue weighted by Crippen LogP contribution is -2.45. The van der Waals surface area contributed by atoms with Crippen molar-refractivity contribution in [2.24, 2.45) is 0 Å². The lowest BCUT2D eigenvalue weighted by Gasteiger charge is -2.36. The molecule has 0 aliphatic carbocycles. The van der Waals surface area contributed by atoms with Crippen LogP contribution >= 0.6 is 0 Å². The van der Waals surface area contributed by atoms with Crippen LogP contribution in [-0.4, -0.2) is 43.0 Å². The van der Waals surface area contributed by atoms with Gasteiger partial charge in [0.1, 0.15) is 5.82 Å². The van der Waals surface area contributed by atoms with E-state index in [1.807, 2.05) is 26.0 Å². The fourth-order valence-corrected chi connectivity index (χ4v) is 2.54. The van der Waals surface area contributed by atoms with Gasteiger partial charge in [-0.2, -0.15) is 0 Å². The largest absolute Gasteiger partial charge is 0.304 e. The molecule has 1 aliphatic heterocycles. The van der Waals surface area contributed by atoms with Crippen molar-refractivity contribution in [1.82, 2.24) is 9.80 Å². The fraction of sp³-hybridized carbons (Fsp3) is 0.647. The van der Waals surface area contributed by atoms with Crippen LogP contribution in [0.2, 0.25) is 0 Å². The van der Waals surface area contributed by atoms with Crippen LogP contribution in [0.25, 0.3) is 0 Å². The SMILES string of the molecule is CC.CCc1ccc(F)c([C@H](C)N2CCN(C)CC2)c1. The second kappa shape index (κ2) is 8.38. The standard InChI is InChI=1S/C15H23FN2.C2H6/c1-4-13-5-6-15(16)14(11-13)12(2)18-9-7-17(3)8-10-18;1-2/h5-6,11-12H,4,7-10H2,1-3H3;1-2H3/t12-;/m0./s1. The minimum Gasteiger partial charge on any atom is -0.304 e. The summed E-state index contributed by atoms with van der Waals surface area (Å²) in [5.74, 6) is -0.0707. The molecule has 2 nitrogen and oxygen atoms in total. The molecule has 3 heteroatoms. The van der Waals surface area contributed by atoms with E-state index in [1.165, 1.54) is 5.56 Å². The van der Waals surface area contributed by atoms with Gasteiger partial charge in [0, 0.05) is 37.8 Å². The number of benzene rings is 1. The summed E-state index contributed by atoms with van der Waals surface area (Å²) < 4.78 is 14.0. The summed E-state index contributed by atoms with van der Waals surface area (Å²) in [5.41, 5.74) is 2.06. The summed E-state index contributed by atoms with van der Waals surface area (Å²) in [5, 5.41) is 0. The van der Waals surface area contributed by atoms with E-state index in [-0.39, 0.29) is 11.9 Å². The molecule has 2 rings (SSSR count). The van der Waals surface area contributed by atoms with Crippen LogP contribution in [0.1, 0.15) is 44.9 Å². The maximum atomic E-state index is 14.0. The van der Waals surface area contributed by atoms with Gasteiger partial charge in [-0.3, -0.25) is 4.90 Å². The Morgan fingerprint density at radius 2 is 1.75 bits per heavy atom. The van der Waals surface area contributed by atoms with Crippen LogP contribution in [0, 0.1) is 5.82 Å². The van der Waals surface area contributed by atoms with E-state index in [4.69, 9.17) is 0 Å². The first-order valence-corrected chi connectivity index (χ1v) is 7.82. The molecule has 0 N–H and O–H groups in total. The molecule has 0 aromatic heterocycles. The first-order valence-electron chi connectivity index (χ1n) is 7.82. The molecule has 0 saturated carbocycles. The Hall–Kier alpha value is -0.930. The van der Waals surface area contributed by atoms with Gasteiger partial charge in [0.25, 0.3) is 0 Å². The Morgan fingerprint density at radius 3 is 2.30 bits per heavy atom. The normalized spacial score (nSPS) is 18.3. The molecular formula is C17H29FN2. The van der Waals surface area contributed by atoms with Gasteiger partial charge in [-0.15, -0.1) is 0 Å². The molecule has 1 fully saturated rings. The van der Waals surface area contributed by atoms with Gasteiger partial charge >= 0.3 is 0 Å². The Bertz CT molecular complexity index is 398. The summed E-state index contributed by atoms with van der Waals surface area (Å²) >= 11 is 0. The molecule has 1 heterocycles. The zero-order valence-electron chi connectivity index (χ0n) is 13.6. The van der Waals surface area contributed by atoms with E-state index < -0.39 is 0 Å². The van der Waals surface area contributed by atoms with Crippen LogP contribution < -0.4 is 0 Å². The van der Waals surface area contributed by atoms with Crippen molar-refractivity contribution in [2.75, 3.05) is 33.2 Å². The maximum absolute atomic E-state index is 14.0. The summed E-state index contributed by atoms with van der Waals surface area (Å²) in [6, 6.07) is 5.69. The first kappa shape index (κ1) is 17.1. The average Bonchev–Trinajstić information content (AvgIpc) is 2.50. The number of halogens is 1. The summed E-state index contributed by atoms with van der Waals surface area (Å²) in [6.45, 7) is 12.4. The van der Waals surface area contributed by atoms with E-state index >= 15 is 0 Å². The highest BCUT2D eigenvalue weighted by atomic mass is 19.1. The number of hydrogen-bond donors (Lipinski definition) is 0. The van der Waals surface area contributed by atoms with E-state index in [2.05, 4.69) is 30.7 Å². The molecule has 20 heavy (non-hydrogen) atoms. The van der Waals surface area contributed by atoms with Crippen molar-refractivity contribution in [1.29, 1.82) is 0 Å². The number of nitrogens with zero attached hydrogens (tertiary/aromatic N) is 2. The van der Waals surface area contributed by atoms with Crippen molar-refractivity contribution in [2.45, 2.75) is 40.2 Å². The minimum atomic E-state index is -0.0707. The third kappa shape index (κ3) is 4.29. The predicted molar refractivity (Wildman–Crippen MR) is 84.6 cm³/mol. The molecule has 0 spiro atoms. The van der Waals surface area contributed by atoms with Crippen molar-refractivity contribution in [3.05, 3.63) is 35.1 Å². The third-order valence-electron chi connectivity index (χ3n) is 4.00. The van der Waals surface area contributed by atoms with Gasteiger partial charge in [-0.25, -0.2) is 4.39 Å². The van der Waals surface area contributed by atoms with Crippen LogP contribution in [-0.2, 0) is 6.42 Å². The van der Waals surface area contributed by atoms with E-state index in [9.17, 15) is 4.39 Å². The van der Waals surface area contributed by atoms with E-state index in [0.29, 0.717) is 0 Å². The molecular weight excluding hydrogens is 251 g/mol. The van der Waals surface area contributed by atoms with Gasteiger partial charge in [0.05, 0.1) is 0 Å². The number of hydrogen-bond acceptors (Lipinski definition) is 2. The third-order valence-corrected chi connectivity index (χ3v) is 4.00. The van der Waals surface area contributed by atoms with Gasteiger partial charge in [0.2, 0.25) is 0 Å². The highest BCUT2D eigenvalue weighted by Crippen LogP contribution is 2.25. The highest BCUT2D eigenvalue weighted by molar-refractivity contribution is 5.27. The summed E-state index contributed by atoms with van der Waals surface area (Å²) in [7, 11) is 2.14. The molecule has 1 aliphatic rings. The minimum absolute atomic E-state index is 0.0707. The smallest absolute Gasteiger partial charge is 0.127 e. The Labute approximate surface area is 123 Å². The maximum Gasteiger partial charge on any atom is 0.127 e. The molecule has 0 bridgehead atoms. The number of rotatable bonds is 3.